The van der Waals surface area contributed by atoms with Gasteiger partial charge in [0.15, 0.2) is 0 Å². The van der Waals surface area contributed by atoms with Crippen molar-refractivity contribution in [2.75, 3.05) is 27.4 Å². The highest BCUT2D eigenvalue weighted by atomic mass is 16.7. The molecule has 2 heterocycles. The van der Waals surface area contributed by atoms with E-state index in [0.717, 1.165) is 5.56 Å². The molecule has 2 aliphatic heterocycles. The molecule has 1 aliphatic carbocycles. The molecule has 0 aromatic heterocycles. The Balaban J connectivity index is 1.44. The maximum atomic E-state index is 10.8. The van der Waals surface area contributed by atoms with Gasteiger partial charge in [-0.15, -0.1) is 0 Å². The van der Waals surface area contributed by atoms with Crippen LogP contribution in [0.1, 0.15) is 5.56 Å². The third-order valence-corrected chi connectivity index (χ3v) is 6.74. The predicted molar refractivity (Wildman–Crippen MR) is 114 cm³/mol. The molecule has 0 spiro atoms. The van der Waals surface area contributed by atoms with Gasteiger partial charge in [0.25, 0.3) is 0 Å². The molecule has 0 amide bonds. The van der Waals surface area contributed by atoms with E-state index in [2.05, 4.69) is 0 Å². The van der Waals surface area contributed by atoms with Crippen molar-refractivity contribution in [1.82, 2.24) is 0 Å². The molecule has 5 N–H and O–H groups in total. The van der Waals surface area contributed by atoms with Crippen molar-refractivity contribution in [2.24, 2.45) is 11.8 Å². The summed E-state index contributed by atoms with van der Waals surface area (Å²) in [5.41, 5.74) is 0.941. The SMILES string of the molecule is COC1C=CC(C2COc3cc(O[C@@H]4O[C@H](CO)[C@@H](O)[C@H](O)[C@H]4O)ccc3C2)C(O)C1OC. The van der Waals surface area contributed by atoms with Gasteiger partial charge in [-0.25, -0.2) is 0 Å². The predicted octanol–water partition coefficient (Wildman–Crippen LogP) is -1.01. The molecule has 1 fully saturated rings. The van der Waals surface area contributed by atoms with E-state index >= 15 is 0 Å². The lowest BCUT2D eigenvalue weighted by Crippen LogP contribution is -2.60. The maximum absolute atomic E-state index is 10.8. The molecule has 5 unspecified atom stereocenters. The fourth-order valence-corrected chi connectivity index (χ4v) is 4.79. The fraction of sp³-hybridized carbons (Fsp3) is 0.652. The van der Waals surface area contributed by atoms with Crippen LogP contribution in [-0.4, -0.2) is 102 Å². The highest BCUT2D eigenvalue weighted by molar-refractivity contribution is 5.42. The molecule has 184 valence electrons. The van der Waals surface area contributed by atoms with Crippen molar-refractivity contribution in [1.29, 1.82) is 0 Å². The van der Waals surface area contributed by atoms with Crippen molar-refractivity contribution in [3.63, 3.8) is 0 Å². The third-order valence-electron chi connectivity index (χ3n) is 6.74. The second kappa shape index (κ2) is 10.2. The van der Waals surface area contributed by atoms with Gasteiger partial charge in [0, 0.05) is 32.1 Å². The highest BCUT2D eigenvalue weighted by Crippen LogP contribution is 2.38. The lowest BCUT2D eigenvalue weighted by Gasteiger charge is -2.40. The molecule has 0 bridgehead atoms. The van der Waals surface area contributed by atoms with Crippen LogP contribution in [0.3, 0.4) is 0 Å². The Labute approximate surface area is 191 Å². The summed E-state index contributed by atoms with van der Waals surface area (Å²) in [6.45, 7) is -0.146. The van der Waals surface area contributed by atoms with E-state index in [1.165, 1.54) is 0 Å². The quantitative estimate of drug-likeness (QED) is 0.329. The van der Waals surface area contributed by atoms with Crippen molar-refractivity contribution >= 4 is 0 Å². The maximum Gasteiger partial charge on any atom is 0.229 e. The molecule has 10 heteroatoms. The Morgan fingerprint density at radius 1 is 0.970 bits per heavy atom. The van der Waals surface area contributed by atoms with Gasteiger partial charge >= 0.3 is 0 Å². The number of ether oxygens (including phenoxy) is 5. The van der Waals surface area contributed by atoms with Gasteiger partial charge in [-0.1, -0.05) is 18.2 Å². The third kappa shape index (κ3) is 4.75. The zero-order valence-electron chi connectivity index (χ0n) is 18.6. The van der Waals surface area contributed by atoms with Gasteiger partial charge in [-0.05, 0) is 18.1 Å². The molecule has 1 saturated heterocycles. The molecule has 3 aliphatic rings. The van der Waals surface area contributed by atoms with Crippen LogP contribution in [0.15, 0.2) is 30.4 Å². The summed E-state index contributed by atoms with van der Waals surface area (Å²) >= 11 is 0. The van der Waals surface area contributed by atoms with Crippen LogP contribution in [0.4, 0.5) is 0 Å². The van der Waals surface area contributed by atoms with Gasteiger partial charge < -0.3 is 49.2 Å². The average Bonchev–Trinajstić information content (AvgIpc) is 2.83. The van der Waals surface area contributed by atoms with Crippen LogP contribution >= 0.6 is 0 Å². The zero-order chi connectivity index (χ0) is 23.7. The lowest BCUT2D eigenvalue weighted by molar-refractivity contribution is -0.277. The summed E-state index contributed by atoms with van der Waals surface area (Å²) in [6.07, 6.45) is -3.71. The van der Waals surface area contributed by atoms with Crippen LogP contribution in [0, 0.1) is 11.8 Å². The molecule has 0 radical (unpaired) electrons. The van der Waals surface area contributed by atoms with Crippen molar-refractivity contribution in [2.45, 2.75) is 55.4 Å². The number of methoxy groups -OCH3 is 2. The van der Waals surface area contributed by atoms with Crippen molar-refractivity contribution in [3.05, 3.63) is 35.9 Å². The van der Waals surface area contributed by atoms with E-state index in [0.29, 0.717) is 24.5 Å². The summed E-state index contributed by atoms with van der Waals surface area (Å²) in [4.78, 5) is 0. The number of aliphatic hydroxyl groups excluding tert-OH is 5. The topological polar surface area (TPSA) is 147 Å². The summed E-state index contributed by atoms with van der Waals surface area (Å²) < 4.78 is 27.9. The minimum absolute atomic E-state index is 0.0384. The van der Waals surface area contributed by atoms with Crippen molar-refractivity contribution in [3.8, 4) is 11.5 Å². The second-order valence-corrected chi connectivity index (χ2v) is 8.71. The second-order valence-electron chi connectivity index (χ2n) is 8.71. The summed E-state index contributed by atoms with van der Waals surface area (Å²) in [5, 5.41) is 50.2. The van der Waals surface area contributed by atoms with E-state index in [-0.39, 0.29) is 17.9 Å². The normalized spacial score (nSPS) is 40.7. The Bertz CT molecular complexity index is 829. The van der Waals surface area contributed by atoms with E-state index in [4.69, 9.17) is 23.7 Å². The smallest absolute Gasteiger partial charge is 0.229 e. The lowest BCUT2D eigenvalue weighted by atomic mass is 9.76. The number of hydrogen-bond acceptors (Lipinski definition) is 10. The Morgan fingerprint density at radius 3 is 2.45 bits per heavy atom. The van der Waals surface area contributed by atoms with Crippen molar-refractivity contribution < 1.29 is 49.2 Å². The van der Waals surface area contributed by atoms with Gasteiger partial charge in [-0.2, -0.15) is 0 Å². The molecule has 10 atom stereocenters. The number of benzene rings is 1. The van der Waals surface area contributed by atoms with Crippen LogP contribution in [0.5, 0.6) is 11.5 Å². The van der Waals surface area contributed by atoms with Crippen LogP contribution in [0.25, 0.3) is 0 Å². The minimum atomic E-state index is -1.51. The number of rotatable bonds is 6. The molecule has 10 nitrogen and oxygen atoms in total. The minimum Gasteiger partial charge on any atom is -0.493 e. The molecule has 1 aromatic rings. The number of aliphatic hydroxyl groups is 5. The molecule has 1 aromatic carbocycles. The zero-order valence-corrected chi connectivity index (χ0v) is 18.6. The van der Waals surface area contributed by atoms with Crippen LogP contribution in [-0.2, 0) is 20.6 Å². The monoisotopic (exact) mass is 468 g/mol. The number of fused-ring (bicyclic) bond motifs is 1. The first-order valence-corrected chi connectivity index (χ1v) is 11.0. The largest absolute Gasteiger partial charge is 0.493 e. The summed E-state index contributed by atoms with van der Waals surface area (Å²) in [7, 11) is 3.14. The summed E-state index contributed by atoms with van der Waals surface area (Å²) in [6, 6.07) is 5.20. The number of hydrogen-bond donors (Lipinski definition) is 5. The Kier molecular flexibility index (Phi) is 7.56. The molecule has 4 rings (SSSR count). The Morgan fingerprint density at radius 2 is 1.76 bits per heavy atom. The highest BCUT2D eigenvalue weighted by Gasteiger charge is 2.45. The first kappa shape index (κ1) is 24.4. The van der Waals surface area contributed by atoms with Gasteiger partial charge in [0.1, 0.15) is 48.1 Å². The first-order valence-electron chi connectivity index (χ1n) is 11.0. The molecule has 0 saturated carbocycles. The standard InChI is InChI=1S/C23H32O10/c1-29-15-6-5-14(18(25)22(15)30-2)12-7-11-3-4-13(8-16(11)31-10-12)32-23-21(28)20(27)19(26)17(9-24)33-23/h3-6,8,12,14-15,17-28H,7,9-10H2,1-2H3/t12?,14?,15?,17-,18?,19-,20+,21-,22?,23-/m1/s1. The average molecular weight is 468 g/mol. The first-order chi connectivity index (χ1) is 15.9. The van der Waals surface area contributed by atoms with E-state index in [1.54, 1.807) is 26.4 Å². The Hall–Kier alpha value is -1.76. The molecular weight excluding hydrogens is 436 g/mol. The molecule has 33 heavy (non-hydrogen) atoms. The van der Waals surface area contributed by atoms with Gasteiger partial charge in [-0.3, -0.25) is 0 Å². The van der Waals surface area contributed by atoms with Gasteiger partial charge in [0.2, 0.25) is 6.29 Å². The molecular formula is C23H32O10. The fourth-order valence-electron chi connectivity index (χ4n) is 4.79. The summed E-state index contributed by atoms with van der Waals surface area (Å²) in [5.74, 6) is 0.841. The van der Waals surface area contributed by atoms with E-state index in [1.807, 2.05) is 18.2 Å². The van der Waals surface area contributed by atoms with E-state index < -0.39 is 49.5 Å². The van der Waals surface area contributed by atoms with E-state index in [9.17, 15) is 25.5 Å². The van der Waals surface area contributed by atoms with Crippen LogP contribution < -0.4 is 9.47 Å². The van der Waals surface area contributed by atoms with Crippen LogP contribution in [0.2, 0.25) is 0 Å². The van der Waals surface area contributed by atoms with Gasteiger partial charge in [0.05, 0.1) is 19.3 Å².